The monoisotopic (exact) mass is 298 g/mol. The molecule has 2 aromatic rings. The number of carbonyl (C=O) groups excluding carboxylic acids is 1. The Morgan fingerprint density at radius 2 is 2.00 bits per heavy atom. The fraction of sp³-hybridized carbons (Fsp3) is 0.444. The predicted molar refractivity (Wildman–Crippen MR) is 85.5 cm³/mol. The van der Waals surface area contributed by atoms with Gasteiger partial charge >= 0.3 is 0 Å². The number of benzene rings is 1. The first-order valence-corrected chi connectivity index (χ1v) is 7.87. The van der Waals surface area contributed by atoms with Crippen molar-refractivity contribution in [2.24, 2.45) is 5.92 Å². The van der Waals surface area contributed by atoms with E-state index >= 15 is 0 Å². The van der Waals surface area contributed by atoms with Gasteiger partial charge in [0.05, 0.1) is 5.69 Å². The van der Waals surface area contributed by atoms with E-state index in [1.54, 1.807) is 0 Å². The van der Waals surface area contributed by atoms with Gasteiger partial charge in [-0.15, -0.1) is 0 Å². The zero-order chi connectivity index (χ0) is 15.5. The number of aromatic nitrogens is 1. The molecule has 1 aromatic carbocycles. The lowest BCUT2D eigenvalue weighted by Crippen LogP contribution is -2.33. The number of hydrogen-bond donors (Lipinski definition) is 0. The molecule has 0 bridgehead atoms. The Hall–Kier alpha value is -1.94. The van der Waals surface area contributed by atoms with E-state index in [-0.39, 0.29) is 5.92 Å². The Morgan fingerprint density at radius 3 is 2.68 bits per heavy atom. The maximum atomic E-state index is 10.8. The lowest BCUT2D eigenvalue weighted by atomic mass is 9.98. The molecule has 3 rings (SSSR count). The van der Waals surface area contributed by atoms with Crippen molar-refractivity contribution in [2.75, 3.05) is 13.1 Å². The van der Waals surface area contributed by atoms with Gasteiger partial charge in [0, 0.05) is 18.0 Å². The Kier molecular flexibility index (Phi) is 4.39. The summed E-state index contributed by atoms with van der Waals surface area (Å²) in [6, 6.07) is 8.14. The summed E-state index contributed by atoms with van der Waals surface area (Å²) in [7, 11) is 0. The van der Waals surface area contributed by atoms with Crippen LogP contribution < -0.4 is 0 Å². The summed E-state index contributed by atoms with van der Waals surface area (Å²) in [5.41, 5.74) is 3.22. The molecule has 0 saturated carbocycles. The number of hydrogen-bond acceptors (Lipinski definition) is 4. The van der Waals surface area contributed by atoms with Crippen LogP contribution in [0.1, 0.15) is 29.9 Å². The van der Waals surface area contributed by atoms with Gasteiger partial charge in [-0.05, 0) is 51.4 Å². The highest BCUT2D eigenvalue weighted by atomic mass is 16.4. The molecule has 22 heavy (non-hydrogen) atoms. The molecule has 0 aliphatic carbocycles. The lowest BCUT2D eigenvalue weighted by Gasteiger charge is -2.28. The number of carbonyl (C=O) groups is 1. The minimum atomic E-state index is 0.234. The number of piperidine rings is 1. The molecule has 1 aliphatic rings. The largest absolute Gasteiger partial charge is 0.441 e. The summed E-state index contributed by atoms with van der Waals surface area (Å²) in [5.74, 6) is 1.82. The zero-order valence-corrected chi connectivity index (χ0v) is 13.2. The Morgan fingerprint density at radius 1 is 1.27 bits per heavy atom. The van der Waals surface area contributed by atoms with Gasteiger partial charge in [0.2, 0.25) is 5.89 Å². The van der Waals surface area contributed by atoms with E-state index in [4.69, 9.17) is 9.40 Å². The van der Waals surface area contributed by atoms with Gasteiger partial charge < -0.3 is 9.21 Å². The van der Waals surface area contributed by atoms with Crippen LogP contribution in [0.4, 0.5) is 0 Å². The highest BCUT2D eigenvalue weighted by molar-refractivity contribution is 5.58. The normalized spacial score (nSPS) is 16.8. The van der Waals surface area contributed by atoms with Crippen LogP contribution in [0, 0.1) is 19.8 Å². The highest BCUT2D eigenvalue weighted by Gasteiger charge is 2.21. The first-order chi connectivity index (χ1) is 10.7. The molecule has 1 aromatic heterocycles. The van der Waals surface area contributed by atoms with Crippen LogP contribution in [0.25, 0.3) is 11.5 Å². The van der Waals surface area contributed by atoms with Crippen molar-refractivity contribution in [1.82, 2.24) is 9.88 Å². The number of nitrogens with zero attached hydrogens (tertiary/aromatic N) is 2. The first kappa shape index (κ1) is 15.0. The molecule has 1 aliphatic heterocycles. The molecule has 0 radical (unpaired) electrons. The van der Waals surface area contributed by atoms with Crippen LogP contribution >= 0.6 is 0 Å². The molecule has 2 heterocycles. The van der Waals surface area contributed by atoms with E-state index in [1.165, 1.54) is 5.56 Å². The van der Waals surface area contributed by atoms with Gasteiger partial charge in [0.25, 0.3) is 0 Å². The Bertz CT molecular complexity index is 655. The fourth-order valence-corrected chi connectivity index (χ4v) is 2.96. The number of aldehydes is 1. The first-order valence-electron chi connectivity index (χ1n) is 7.87. The molecule has 0 atom stereocenters. The third-order valence-electron chi connectivity index (χ3n) is 4.47. The van der Waals surface area contributed by atoms with Gasteiger partial charge in [-0.2, -0.15) is 0 Å². The van der Waals surface area contributed by atoms with Gasteiger partial charge in [-0.1, -0.05) is 18.2 Å². The van der Waals surface area contributed by atoms with Crippen molar-refractivity contribution < 1.29 is 9.21 Å². The lowest BCUT2D eigenvalue weighted by molar-refractivity contribution is -0.112. The van der Waals surface area contributed by atoms with Crippen molar-refractivity contribution in [3.63, 3.8) is 0 Å². The summed E-state index contributed by atoms with van der Waals surface area (Å²) in [4.78, 5) is 17.9. The van der Waals surface area contributed by atoms with Crippen LogP contribution in [0.5, 0.6) is 0 Å². The maximum absolute atomic E-state index is 10.8. The summed E-state index contributed by atoms with van der Waals surface area (Å²) < 4.78 is 5.87. The molecule has 0 spiro atoms. The standard InChI is InChI=1S/C18H22N2O2/c1-13-5-3-4-6-16(13)18-19-17(14(2)22-18)11-20-9-7-15(12-21)8-10-20/h3-6,12,15H,7-11H2,1-2H3. The van der Waals surface area contributed by atoms with E-state index < -0.39 is 0 Å². The third-order valence-corrected chi connectivity index (χ3v) is 4.47. The number of rotatable bonds is 4. The second kappa shape index (κ2) is 6.44. The van der Waals surface area contributed by atoms with Crippen LogP contribution in [-0.2, 0) is 11.3 Å². The summed E-state index contributed by atoms with van der Waals surface area (Å²) in [6.07, 6.45) is 2.99. The van der Waals surface area contributed by atoms with Gasteiger partial charge in [-0.25, -0.2) is 4.98 Å². The highest BCUT2D eigenvalue weighted by Crippen LogP contribution is 2.26. The SMILES string of the molecule is Cc1ccccc1-c1nc(CN2CCC(C=O)CC2)c(C)o1. The van der Waals surface area contributed by atoms with Crippen molar-refractivity contribution in [3.8, 4) is 11.5 Å². The second-order valence-electron chi connectivity index (χ2n) is 6.09. The number of oxazole rings is 1. The molecule has 1 saturated heterocycles. The molecule has 0 unspecified atom stereocenters. The number of aryl methyl sites for hydroxylation is 2. The molecule has 4 nitrogen and oxygen atoms in total. The maximum Gasteiger partial charge on any atom is 0.226 e. The minimum Gasteiger partial charge on any atom is -0.441 e. The van der Waals surface area contributed by atoms with Crippen molar-refractivity contribution >= 4 is 6.29 Å². The second-order valence-corrected chi connectivity index (χ2v) is 6.09. The van der Waals surface area contributed by atoms with Gasteiger partial charge in [0.15, 0.2) is 0 Å². The average molecular weight is 298 g/mol. The summed E-state index contributed by atoms with van der Waals surface area (Å²) in [6.45, 7) is 6.75. The van der Waals surface area contributed by atoms with Crippen molar-refractivity contribution in [1.29, 1.82) is 0 Å². The van der Waals surface area contributed by atoms with E-state index in [0.29, 0.717) is 5.89 Å². The fourth-order valence-electron chi connectivity index (χ4n) is 2.96. The van der Waals surface area contributed by atoms with Crippen LogP contribution in [0.3, 0.4) is 0 Å². The molecular weight excluding hydrogens is 276 g/mol. The summed E-state index contributed by atoms with van der Waals surface area (Å²) >= 11 is 0. The van der Waals surface area contributed by atoms with Gasteiger partial charge in [-0.3, -0.25) is 4.90 Å². The minimum absolute atomic E-state index is 0.234. The quantitative estimate of drug-likeness (QED) is 0.812. The third kappa shape index (κ3) is 3.12. The Balaban J connectivity index is 1.73. The molecule has 0 N–H and O–H groups in total. The molecule has 0 amide bonds. The topological polar surface area (TPSA) is 46.3 Å². The molecule has 116 valence electrons. The zero-order valence-electron chi connectivity index (χ0n) is 13.2. The number of likely N-dealkylation sites (tertiary alicyclic amines) is 1. The Labute approximate surface area is 131 Å². The average Bonchev–Trinajstić information content (AvgIpc) is 2.89. The molecule has 4 heteroatoms. The van der Waals surface area contributed by atoms with E-state index in [9.17, 15) is 4.79 Å². The van der Waals surface area contributed by atoms with E-state index in [1.807, 2.05) is 25.1 Å². The van der Waals surface area contributed by atoms with Crippen molar-refractivity contribution in [2.45, 2.75) is 33.2 Å². The van der Waals surface area contributed by atoms with Crippen LogP contribution in [0.15, 0.2) is 28.7 Å². The van der Waals surface area contributed by atoms with Crippen LogP contribution in [-0.4, -0.2) is 29.3 Å². The van der Waals surface area contributed by atoms with Crippen LogP contribution in [0.2, 0.25) is 0 Å². The summed E-state index contributed by atoms with van der Waals surface area (Å²) in [5, 5.41) is 0. The van der Waals surface area contributed by atoms with E-state index in [0.717, 1.165) is 55.8 Å². The molecule has 1 fully saturated rings. The van der Waals surface area contributed by atoms with E-state index in [2.05, 4.69) is 17.9 Å². The predicted octanol–water partition coefficient (Wildman–Crippen LogP) is 3.37. The smallest absolute Gasteiger partial charge is 0.226 e. The van der Waals surface area contributed by atoms with Gasteiger partial charge in [0.1, 0.15) is 12.0 Å². The molecular formula is C18H22N2O2. The van der Waals surface area contributed by atoms with Crippen molar-refractivity contribution in [3.05, 3.63) is 41.3 Å².